The highest BCUT2D eigenvalue weighted by molar-refractivity contribution is 6.34. The smallest absolute Gasteiger partial charge is 0.270 e. The number of nitro benzene ring substituents is 1. The van der Waals surface area contributed by atoms with Gasteiger partial charge in [0.05, 0.1) is 27.1 Å². The Bertz CT molecular complexity index is 1000. The van der Waals surface area contributed by atoms with E-state index in [-0.39, 0.29) is 28.1 Å². The highest BCUT2D eigenvalue weighted by Crippen LogP contribution is 2.44. The van der Waals surface area contributed by atoms with Crippen LogP contribution in [0, 0.1) is 10.1 Å². The summed E-state index contributed by atoms with van der Waals surface area (Å²) >= 11 is 6.04. The van der Waals surface area contributed by atoms with Crippen molar-refractivity contribution in [1.82, 2.24) is 0 Å². The lowest BCUT2D eigenvalue weighted by Gasteiger charge is -2.26. The zero-order valence-corrected chi connectivity index (χ0v) is 15.2. The summed E-state index contributed by atoms with van der Waals surface area (Å²) in [6, 6.07) is 7.44. The largest absolute Gasteiger partial charge is 0.322 e. The van der Waals surface area contributed by atoms with E-state index in [9.17, 15) is 19.7 Å². The number of non-ortho nitro benzene ring substituents is 1. The normalized spacial score (nSPS) is 17.6. The van der Waals surface area contributed by atoms with E-state index in [2.05, 4.69) is 5.32 Å². The van der Waals surface area contributed by atoms with Crippen molar-refractivity contribution in [3.8, 4) is 0 Å². The van der Waals surface area contributed by atoms with E-state index < -0.39 is 10.8 Å². The van der Waals surface area contributed by atoms with Gasteiger partial charge in [-0.3, -0.25) is 19.7 Å². The summed E-state index contributed by atoms with van der Waals surface area (Å²) in [5.41, 5.74) is 3.51. The molecular weight excluding hydrogens is 370 g/mol. The molecule has 27 heavy (non-hydrogen) atoms. The highest BCUT2D eigenvalue weighted by Gasteiger charge is 2.38. The van der Waals surface area contributed by atoms with Gasteiger partial charge in [0.2, 0.25) is 5.91 Å². The minimum absolute atomic E-state index is 0.0129. The third kappa shape index (κ3) is 2.84. The fourth-order valence-electron chi connectivity index (χ4n) is 3.77. The molecule has 1 atom stereocenters. The van der Waals surface area contributed by atoms with Gasteiger partial charge in [-0.15, -0.1) is 0 Å². The SMILES string of the molecule is C[C@H]1C(=O)N2CCCc3cc(NC(=O)c4ccc([N+](=O)[O-])cc4Cl)cc1c32. The molecule has 0 fully saturated rings. The number of benzene rings is 2. The van der Waals surface area contributed by atoms with E-state index in [0.717, 1.165) is 42.3 Å². The Morgan fingerprint density at radius 1 is 1.33 bits per heavy atom. The lowest BCUT2D eigenvalue weighted by atomic mass is 9.96. The van der Waals surface area contributed by atoms with E-state index >= 15 is 0 Å². The van der Waals surface area contributed by atoms with Crippen LogP contribution < -0.4 is 10.2 Å². The number of nitrogens with zero attached hydrogens (tertiary/aromatic N) is 2. The molecule has 0 aliphatic carbocycles. The zero-order chi connectivity index (χ0) is 19.3. The Morgan fingerprint density at radius 2 is 2.11 bits per heavy atom. The maximum atomic E-state index is 12.6. The molecular formula is C19H16ClN3O4. The number of carbonyl (C=O) groups is 2. The summed E-state index contributed by atoms with van der Waals surface area (Å²) in [4.78, 5) is 37.1. The molecule has 0 spiro atoms. The number of nitrogens with one attached hydrogen (secondary N) is 1. The van der Waals surface area contributed by atoms with Crippen molar-refractivity contribution in [3.05, 3.63) is 62.2 Å². The number of amides is 2. The van der Waals surface area contributed by atoms with Crippen LogP contribution in [0.4, 0.5) is 17.1 Å². The maximum Gasteiger partial charge on any atom is 0.270 e. The van der Waals surface area contributed by atoms with Crippen molar-refractivity contribution in [1.29, 1.82) is 0 Å². The van der Waals surface area contributed by atoms with E-state index in [1.165, 1.54) is 12.1 Å². The summed E-state index contributed by atoms with van der Waals surface area (Å²) in [7, 11) is 0. The quantitative estimate of drug-likeness (QED) is 0.640. The predicted molar refractivity (Wildman–Crippen MR) is 102 cm³/mol. The molecule has 0 saturated carbocycles. The molecule has 0 saturated heterocycles. The molecule has 2 aromatic carbocycles. The molecule has 2 aliphatic heterocycles. The van der Waals surface area contributed by atoms with Gasteiger partial charge in [-0.25, -0.2) is 0 Å². The number of aryl methyl sites for hydroxylation is 1. The summed E-state index contributed by atoms with van der Waals surface area (Å²) in [5.74, 6) is -0.601. The van der Waals surface area contributed by atoms with Crippen LogP contribution in [0.25, 0.3) is 0 Å². The summed E-state index contributed by atoms with van der Waals surface area (Å²) in [5, 5.41) is 13.6. The fraction of sp³-hybridized carbons (Fsp3) is 0.263. The molecule has 4 rings (SSSR count). The van der Waals surface area contributed by atoms with Crippen LogP contribution in [0.3, 0.4) is 0 Å². The number of halogens is 1. The van der Waals surface area contributed by atoms with Crippen molar-refractivity contribution in [2.24, 2.45) is 0 Å². The van der Waals surface area contributed by atoms with Crippen LogP contribution in [0.1, 0.15) is 40.7 Å². The van der Waals surface area contributed by atoms with Gasteiger partial charge >= 0.3 is 0 Å². The third-order valence-corrected chi connectivity index (χ3v) is 5.40. The van der Waals surface area contributed by atoms with Crippen molar-refractivity contribution >= 4 is 40.5 Å². The van der Waals surface area contributed by atoms with Crippen molar-refractivity contribution in [2.75, 3.05) is 16.8 Å². The fourth-order valence-corrected chi connectivity index (χ4v) is 4.03. The van der Waals surface area contributed by atoms with Crippen LogP contribution >= 0.6 is 11.6 Å². The first-order valence-electron chi connectivity index (χ1n) is 8.60. The van der Waals surface area contributed by atoms with Crippen LogP contribution in [-0.4, -0.2) is 23.3 Å². The summed E-state index contributed by atoms with van der Waals surface area (Å²) < 4.78 is 0. The van der Waals surface area contributed by atoms with E-state index in [1.54, 1.807) is 0 Å². The Hall–Kier alpha value is -2.93. The van der Waals surface area contributed by atoms with E-state index in [1.807, 2.05) is 24.0 Å². The average molecular weight is 386 g/mol. The van der Waals surface area contributed by atoms with Crippen LogP contribution in [0.15, 0.2) is 30.3 Å². The molecule has 1 N–H and O–H groups in total. The molecule has 138 valence electrons. The number of anilines is 2. The van der Waals surface area contributed by atoms with Crippen molar-refractivity contribution in [3.63, 3.8) is 0 Å². The number of rotatable bonds is 3. The van der Waals surface area contributed by atoms with E-state index in [4.69, 9.17) is 11.6 Å². The van der Waals surface area contributed by atoms with Gasteiger partial charge in [0.25, 0.3) is 11.6 Å². The highest BCUT2D eigenvalue weighted by atomic mass is 35.5. The first-order valence-corrected chi connectivity index (χ1v) is 8.98. The minimum atomic E-state index is -0.566. The van der Waals surface area contributed by atoms with E-state index in [0.29, 0.717) is 5.69 Å². The number of hydrogen-bond donors (Lipinski definition) is 1. The standard InChI is InChI=1S/C19H16ClN3O4/c1-10-15-8-12(7-11-3-2-6-22(17(11)15)19(10)25)21-18(24)14-5-4-13(23(26)27)9-16(14)20/h4-5,7-10H,2-3,6H2,1H3,(H,21,24)/t10-/m1/s1. The van der Waals surface area contributed by atoms with Gasteiger partial charge in [0.1, 0.15) is 0 Å². The second-order valence-electron chi connectivity index (χ2n) is 6.76. The van der Waals surface area contributed by atoms with Gasteiger partial charge in [-0.1, -0.05) is 11.6 Å². The maximum absolute atomic E-state index is 12.6. The topological polar surface area (TPSA) is 92.6 Å². The lowest BCUT2D eigenvalue weighted by molar-refractivity contribution is -0.384. The van der Waals surface area contributed by atoms with Gasteiger partial charge in [-0.2, -0.15) is 0 Å². The molecule has 8 heteroatoms. The molecule has 0 bridgehead atoms. The van der Waals surface area contributed by atoms with Crippen molar-refractivity contribution in [2.45, 2.75) is 25.7 Å². The molecule has 0 radical (unpaired) electrons. The average Bonchev–Trinajstić information content (AvgIpc) is 2.88. The molecule has 0 aromatic heterocycles. The van der Waals surface area contributed by atoms with Crippen LogP contribution in [-0.2, 0) is 11.2 Å². The Kier molecular flexibility index (Phi) is 4.11. The minimum Gasteiger partial charge on any atom is -0.322 e. The molecule has 2 heterocycles. The van der Waals surface area contributed by atoms with Crippen LogP contribution in [0.5, 0.6) is 0 Å². The van der Waals surface area contributed by atoms with Gasteiger partial charge in [-0.05, 0) is 49.1 Å². The molecule has 2 aliphatic rings. The Balaban J connectivity index is 1.66. The van der Waals surface area contributed by atoms with Gasteiger partial charge in [0, 0.05) is 24.4 Å². The number of hydrogen-bond acceptors (Lipinski definition) is 4. The molecule has 2 amide bonds. The zero-order valence-electron chi connectivity index (χ0n) is 14.5. The van der Waals surface area contributed by atoms with Crippen molar-refractivity contribution < 1.29 is 14.5 Å². The summed E-state index contributed by atoms with van der Waals surface area (Å²) in [6.45, 7) is 2.60. The Morgan fingerprint density at radius 3 is 2.81 bits per heavy atom. The number of carbonyl (C=O) groups excluding carboxylic acids is 2. The monoisotopic (exact) mass is 385 g/mol. The van der Waals surface area contributed by atoms with Crippen LogP contribution in [0.2, 0.25) is 5.02 Å². The molecule has 0 unspecified atom stereocenters. The Labute approximate surface area is 160 Å². The predicted octanol–water partition coefficient (Wildman–Crippen LogP) is 3.90. The van der Waals surface area contributed by atoms with Gasteiger partial charge in [0.15, 0.2) is 0 Å². The first-order chi connectivity index (χ1) is 12.9. The second kappa shape index (κ2) is 6.35. The third-order valence-electron chi connectivity index (χ3n) is 5.09. The molecule has 7 nitrogen and oxygen atoms in total. The molecule has 2 aromatic rings. The number of nitro groups is 1. The van der Waals surface area contributed by atoms with Gasteiger partial charge < -0.3 is 10.2 Å². The summed E-state index contributed by atoms with van der Waals surface area (Å²) in [6.07, 6.45) is 1.73. The second-order valence-corrected chi connectivity index (χ2v) is 7.17. The lowest BCUT2D eigenvalue weighted by Crippen LogP contribution is -2.32. The first kappa shape index (κ1) is 17.5.